The summed E-state index contributed by atoms with van der Waals surface area (Å²) in [6, 6.07) is 15.3. The number of piperidine rings is 1. The van der Waals surface area contributed by atoms with Crippen LogP contribution < -0.4 is 5.32 Å². The van der Waals surface area contributed by atoms with E-state index < -0.39 is 12.3 Å². The van der Waals surface area contributed by atoms with Crippen LogP contribution in [0.3, 0.4) is 0 Å². The molecule has 2 fully saturated rings. The number of amides is 1. The Labute approximate surface area is 212 Å². The summed E-state index contributed by atoms with van der Waals surface area (Å²) in [6.45, 7) is 3.03. The van der Waals surface area contributed by atoms with Crippen molar-refractivity contribution in [1.82, 2.24) is 4.90 Å². The third kappa shape index (κ3) is 7.61. The highest BCUT2D eigenvalue weighted by Gasteiger charge is 2.33. The number of hydrogen-bond acceptors (Lipinski definition) is 6. The Morgan fingerprint density at radius 2 is 1.75 bits per heavy atom. The zero-order valence-corrected chi connectivity index (χ0v) is 20.6. The quantitative estimate of drug-likeness (QED) is 0.447. The summed E-state index contributed by atoms with van der Waals surface area (Å²) in [5.41, 5.74) is 3.35. The highest BCUT2D eigenvalue weighted by Crippen LogP contribution is 2.38. The van der Waals surface area contributed by atoms with Gasteiger partial charge in [0.05, 0.1) is 18.8 Å². The van der Waals surface area contributed by atoms with E-state index in [1.165, 1.54) is 19.3 Å². The first-order chi connectivity index (χ1) is 17.5. The molecule has 2 aromatic carbocycles. The number of likely N-dealkylation sites (tertiary alicyclic amines) is 1. The van der Waals surface area contributed by atoms with Gasteiger partial charge in [0.25, 0.3) is 0 Å². The van der Waals surface area contributed by atoms with Gasteiger partial charge in [0.15, 0.2) is 6.29 Å². The van der Waals surface area contributed by atoms with Gasteiger partial charge in [-0.05, 0) is 55.6 Å². The van der Waals surface area contributed by atoms with E-state index in [9.17, 15) is 14.7 Å². The predicted molar refractivity (Wildman–Crippen MR) is 135 cm³/mol. The number of aliphatic carboxylic acids is 1. The van der Waals surface area contributed by atoms with Crippen LogP contribution in [-0.2, 0) is 25.7 Å². The maximum absolute atomic E-state index is 12.3. The molecule has 0 bridgehead atoms. The number of aliphatic hydroxyl groups excluding tert-OH is 1. The summed E-state index contributed by atoms with van der Waals surface area (Å²) in [6.07, 6.45) is 4.13. The summed E-state index contributed by atoms with van der Waals surface area (Å²) in [5, 5.41) is 21.0. The molecule has 2 heterocycles. The molecule has 2 aromatic rings. The van der Waals surface area contributed by atoms with E-state index >= 15 is 0 Å². The normalized spacial score (nSPS) is 22.8. The van der Waals surface area contributed by atoms with Crippen molar-refractivity contribution in [2.45, 2.75) is 70.1 Å². The zero-order valence-electron chi connectivity index (χ0n) is 20.6. The molecule has 0 aliphatic carbocycles. The largest absolute Gasteiger partial charge is 0.481 e. The molecule has 1 amide bonds. The van der Waals surface area contributed by atoms with Crippen molar-refractivity contribution < 1.29 is 29.3 Å². The number of anilines is 1. The van der Waals surface area contributed by atoms with Gasteiger partial charge in [0.1, 0.15) is 0 Å². The van der Waals surface area contributed by atoms with Crippen LogP contribution in [0, 0.1) is 0 Å². The Bertz CT molecular complexity index is 1010. The lowest BCUT2D eigenvalue weighted by atomic mass is 9.99. The van der Waals surface area contributed by atoms with Gasteiger partial charge in [-0.1, -0.05) is 42.8 Å². The number of rotatable bonds is 10. The van der Waals surface area contributed by atoms with Crippen molar-refractivity contribution in [2.75, 3.05) is 25.0 Å². The van der Waals surface area contributed by atoms with Crippen molar-refractivity contribution >= 4 is 17.6 Å². The molecular formula is C28H36N2O6. The second kappa shape index (κ2) is 13.0. The number of benzene rings is 2. The van der Waals surface area contributed by atoms with Gasteiger partial charge in [0, 0.05) is 37.1 Å². The monoisotopic (exact) mass is 496 g/mol. The number of carboxylic acids is 1. The van der Waals surface area contributed by atoms with Crippen LogP contribution >= 0.6 is 0 Å². The van der Waals surface area contributed by atoms with Crippen molar-refractivity contribution in [3.8, 4) is 0 Å². The molecule has 8 nitrogen and oxygen atoms in total. The van der Waals surface area contributed by atoms with E-state index in [0.29, 0.717) is 12.1 Å². The van der Waals surface area contributed by atoms with Gasteiger partial charge in [-0.2, -0.15) is 0 Å². The minimum Gasteiger partial charge on any atom is -0.481 e. The van der Waals surface area contributed by atoms with E-state index in [1.54, 1.807) is 6.07 Å². The minimum atomic E-state index is -0.906. The SMILES string of the molecule is O=C(O)CCCC(=O)Nc1cccc(C2OC(CN3CCCCC3)CC(c3ccc(CO)cc3)O2)c1. The minimum absolute atomic E-state index is 0.00126. The molecule has 0 saturated carbocycles. The van der Waals surface area contributed by atoms with Crippen molar-refractivity contribution in [3.63, 3.8) is 0 Å². The van der Waals surface area contributed by atoms with Crippen LogP contribution in [-0.4, -0.2) is 52.7 Å². The van der Waals surface area contributed by atoms with E-state index in [0.717, 1.165) is 42.7 Å². The van der Waals surface area contributed by atoms with E-state index in [4.69, 9.17) is 14.6 Å². The third-order valence-corrected chi connectivity index (χ3v) is 6.76. The summed E-state index contributed by atoms with van der Waals surface area (Å²) in [4.78, 5) is 25.4. The van der Waals surface area contributed by atoms with E-state index in [-0.39, 0.29) is 37.6 Å². The number of ether oxygens (including phenoxy) is 2. The lowest BCUT2D eigenvalue weighted by Gasteiger charge is -2.39. The molecule has 2 saturated heterocycles. The van der Waals surface area contributed by atoms with Crippen molar-refractivity contribution in [1.29, 1.82) is 0 Å². The van der Waals surface area contributed by atoms with Gasteiger partial charge in [-0.25, -0.2) is 0 Å². The molecule has 36 heavy (non-hydrogen) atoms. The molecule has 194 valence electrons. The Morgan fingerprint density at radius 3 is 2.47 bits per heavy atom. The van der Waals surface area contributed by atoms with Crippen molar-refractivity contribution in [2.24, 2.45) is 0 Å². The maximum Gasteiger partial charge on any atom is 0.303 e. The number of hydrogen-bond donors (Lipinski definition) is 3. The highest BCUT2D eigenvalue weighted by molar-refractivity contribution is 5.90. The topological polar surface area (TPSA) is 108 Å². The third-order valence-electron chi connectivity index (χ3n) is 6.76. The smallest absolute Gasteiger partial charge is 0.303 e. The number of carbonyl (C=O) groups is 2. The molecule has 2 aliphatic rings. The van der Waals surface area contributed by atoms with Gasteiger partial charge in [0.2, 0.25) is 5.91 Å². The van der Waals surface area contributed by atoms with Crippen LogP contribution in [0.1, 0.15) is 74.0 Å². The van der Waals surface area contributed by atoms with Crippen LogP contribution in [0.15, 0.2) is 48.5 Å². The molecular weight excluding hydrogens is 460 g/mol. The van der Waals surface area contributed by atoms with Crippen LogP contribution in [0.2, 0.25) is 0 Å². The van der Waals surface area contributed by atoms with Crippen LogP contribution in [0.5, 0.6) is 0 Å². The zero-order chi connectivity index (χ0) is 25.3. The Kier molecular flexibility index (Phi) is 9.47. The number of carbonyl (C=O) groups excluding carboxylic acids is 1. The van der Waals surface area contributed by atoms with E-state index in [1.807, 2.05) is 42.5 Å². The van der Waals surface area contributed by atoms with Gasteiger partial charge < -0.3 is 29.9 Å². The summed E-state index contributed by atoms with van der Waals surface area (Å²) in [5.74, 6) is -1.13. The van der Waals surface area contributed by atoms with Gasteiger partial charge >= 0.3 is 5.97 Å². The average molecular weight is 497 g/mol. The first kappa shape index (κ1) is 26.3. The molecule has 3 N–H and O–H groups in total. The number of aliphatic hydroxyl groups is 1. The molecule has 4 rings (SSSR count). The molecule has 2 aliphatic heterocycles. The summed E-state index contributed by atoms with van der Waals surface area (Å²) in [7, 11) is 0. The number of nitrogens with zero attached hydrogens (tertiary/aromatic N) is 1. The first-order valence-corrected chi connectivity index (χ1v) is 12.8. The number of carboxylic acid groups (broad SMARTS) is 1. The fourth-order valence-corrected chi connectivity index (χ4v) is 4.85. The standard InChI is InChI=1S/C28H36N2O6/c31-19-20-10-12-21(13-11-20)25-17-24(18-30-14-2-1-3-15-30)35-28(36-25)22-6-4-7-23(16-22)29-26(32)8-5-9-27(33)34/h4,6-7,10-13,16,24-25,28,31H,1-3,5,8-9,14-15,17-19H2,(H,29,32)(H,33,34). The fraction of sp³-hybridized carbons (Fsp3) is 0.500. The molecule has 8 heteroatoms. The maximum atomic E-state index is 12.3. The molecule has 3 atom stereocenters. The summed E-state index contributed by atoms with van der Waals surface area (Å²) < 4.78 is 12.9. The Morgan fingerprint density at radius 1 is 0.972 bits per heavy atom. The van der Waals surface area contributed by atoms with E-state index in [2.05, 4.69) is 10.2 Å². The lowest BCUT2D eigenvalue weighted by molar-refractivity contribution is -0.253. The molecule has 0 aromatic heterocycles. The highest BCUT2D eigenvalue weighted by atomic mass is 16.7. The summed E-state index contributed by atoms with van der Waals surface area (Å²) >= 11 is 0. The number of nitrogens with one attached hydrogen (secondary N) is 1. The molecule has 0 spiro atoms. The van der Waals surface area contributed by atoms with Crippen LogP contribution in [0.25, 0.3) is 0 Å². The van der Waals surface area contributed by atoms with Crippen molar-refractivity contribution in [3.05, 3.63) is 65.2 Å². The fourth-order valence-electron chi connectivity index (χ4n) is 4.85. The predicted octanol–water partition coefficient (Wildman–Crippen LogP) is 4.40. The van der Waals surface area contributed by atoms with Gasteiger partial charge in [-0.3, -0.25) is 9.59 Å². The van der Waals surface area contributed by atoms with Gasteiger partial charge in [-0.15, -0.1) is 0 Å². The Balaban J connectivity index is 1.47. The first-order valence-electron chi connectivity index (χ1n) is 12.8. The lowest BCUT2D eigenvalue weighted by Crippen LogP contribution is -2.41. The second-order valence-corrected chi connectivity index (χ2v) is 9.63. The Hall–Kier alpha value is -2.78. The molecule has 0 radical (unpaired) electrons. The molecule has 3 unspecified atom stereocenters. The van der Waals surface area contributed by atoms with Crippen LogP contribution in [0.4, 0.5) is 5.69 Å². The second-order valence-electron chi connectivity index (χ2n) is 9.63. The average Bonchev–Trinajstić information content (AvgIpc) is 2.89.